The van der Waals surface area contributed by atoms with Gasteiger partial charge in [-0.15, -0.1) is 0 Å². The van der Waals surface area contributed by atoms with Crippen LogP contribution < -0.4 is 16.6 Å². The topological polar surface area (TPSA) is 130 Å². The van der Waals surface area contributed by atoms with Gasteiger partial charge < -0.3 is 11.1 Å². The van der Waals surface area contributed by atoms with Crippen LogP contribution >= 0.6 is 0 Å². The van der Waals surface area contributed by atoms with Gasteiger partial charge in [-0.3, -0.25) is 14.7 Å². The van der Waals surface area contributed by atoms with E-state index in [0.717, 1.165) is 6.42 Å². The van der Waals surface area contributed by atoms with Gasteiger partial charge in [-0.25, -0.2) is 9.67 Å². The Labute approximate surface area is 168 Å². The molecule has 0 spiro atoms. The number of amides is 1. The molecule has 0 bridgehead atoms. The number of carbonyl (C=O) groups is 1. The van der Waals surface area contributed by atoms with Crippen molar-refractivity contribution in [3.8, 4) is 23.0 Å². The van der Waals surface area contributed by atoms with Gasteiger partial charge in [0.25, 0.3) is 11.5 Å². The number of nitrogens with one attached hydrogen (secondary N) is 2. The summed E-state index contributed by atoms with van der Waals surface area (Å²) in [6, 6.07) is 12.1. The summed E-state index contributed by atoms with van der Waals surface area (Å²) in [7, 11) is 0. The quantitative estimate of drug-likeness (QED) is 0.568. The summed E-state index contributed by atoms with van der Waals surface area (Å²) in [5, 5.41) is 14.7. The Balaban J connectivity index is 1.80. The minimum Gasteiger partial charge on any atom is -0.349 e. The molecule has 0 aliphatic carbocycles. The number of carbonyl (C=O) groups excluding carboxylic acids is 1. The molecule has 1 amide bonds. The summed E-state index contributed by atoms with van der Waals surface area (Å²) in [5.41, 5.74) is 7.39. The number of hydrogen-bond donors (Lipinski definition) is 3. The van der Waals surface area contributed by atoms with Gasteiger partial charge in [0, 0.05) is 18.4 Å². The predicted octanol–water partition coefficient (Wildman–Crippen LogP) is 1.96. The number of nitrogens with zero attached hydrogens (tertiary/aromatic N) is 3. The molecular formula is C21H22N6O2. The van der Waals surface area contributed by atoms with E-state index >= 15 is 0 Å². The van der Waals surface area contributed by atoms with Crippen LogP contribution in [0.2, 0.25) is 0 Å². The molecule has 2 heterocycles. The minimum absolute atomic E-state index is 0.0215. The summed E-state index contributed by atoms with van der Waals surface area (Å²) in [4.78, 5) is 29.3. The number of aromatic amines is 1. The highest BCUT2D eigenvalue weighted by Crippen LogP contribution is 2.16. The standard InChI is InChI=1S/C21H22N6O2/c1-2-17(9-10-22)26-20(28)16-7-8-19(24-12-16)27-21(29)18(13-25-27)15-5-3-14(11-23)4-6-15/h3-8,12-13,17,25H,2,9-10,22H2,1H3,(H,26,28). The molecule has 0 radical (unpaired) electrons. The largest absolute Gasteiger partial charge is 0.349 e. The van der Waals surface area contributed by atoms with Gasteiger partial charge in [-0.05, 0) is 49.2 Å². The van der Waals surface area contributed by atoms with Crippen molar-refractivity contribution in [2.45, 2.75) is 25.8 Å². The summed E-state index contributed by atoms with van der Waals surface area (Å²) < 4.78 is 1.30. The fourth-order valence-corrected chi connectivity index (χ4v) is 2.97. The Morgan fingerprint density at radius 3 is 2.66 bits per heavy atom. The summed E-state index contributed by atoms with van der Waals surface area (Å²) in [5.74, 6) is 0.155. The van der Waals surface area contributed by atoms with Gasteiger partial charge in [0.15, 0.2) is 5.82 Å². The van der Waals surface area contributed by atoms with Crippen LogP contribution in [-0.4, -0.2) is 33.3 Å². The van der Waals surface area contributed by atoms with E-state index in [9.17, 15) is 9.59 Å². The number of rotatable bonds is 7. The molecule has 0 aliphatic heterocycles. The Morgan fingerprint density at radius 2 is 2.07 bits per heavy atom. The fraction of sp³-hybridized carbons (Fsp3) is 0.238. The van der Waals surface area contributed by atoms with Crippen molar-refractivity contribution < 1.29 is 4.79 Å². The number of aromatic nitrogens is 3. The first kappa shape index (κ1) is 20.0. The van der Waals surface area contributed by atoms with Crippen LogP contribution in [0.4, 0.5) is 0 Å². The van der Waals surface area contributed by atoms with Crippen molar-refractivity contribution in [3.05, 3.63) is 70.3 Å². The first-order valence-electron chi connectivity index (χ1n) is 9.35. The fourth-order valence-electron chi connectivity index (χ4n) is 2.97. The lowest BCUT2D eigenvalue weighted by atomic mass is 10.1. The second-order valence-corrected chi connectivity index (χ2v) is 6.58. The number of hydrogen-bond acceptors (Lipinski definition) is 5. The molecule has 0 aliphatic rings. The number of pyridine rings is 1. The average Bonchev–Trinajstić information content (AvgIpc) is 3.14. The molecule has 1 atom stereocenters. The zero-order chi connectivity index (χ0) is 20.8. The number of H-pyrrole nitrogens is 1. The third-order valence-corrected chi connectivity index (χ3v) is 4.68. The second-order valence-electron chi connectivity index (χ2n) is 6.58. The van der Waals surface area contributed by atoms with E-state index in [1.54, 1.807) is 42.6 Å². The molecule has 29 heavy (non-hydrogen) atoms. The van der Waals surface area contributed by atoms with Crippen LogP contribution in [0.5, 0.6) is 0 Å². The van der Waals surface area contributed by atoms with Gasteiger partial charge in [-0.2, -0.15) is 5.26 Å². The van der Waals surface area contributed by atoms with Crippen LogP contribution in [-0.2, 0) is 0 Å². The van der Waals surface area contributed by atoms with Crippen LogP contribution in [0.25, 0.3) is 16.9 Å². The first-order valence-corrected chi connectivity index (χ1v) is 9.35. The number of nitrogens with two attached hydrogens (primary N) is 1. The molecule has 1 aromatic carbocycles. The van der Waals surface area contributed by atoms with Gasteiger partial charge in [0.1, 0.15) is 0 Å². The summed E-state index contributed by atoms with van der Waals surface area (Å²) in [6.45, 7) is 2.50. The maximum absolute atomic E-state index is 12.7. The molecule has 3 aromatic rings. The Bertz CT molecular complexity index is 1070. The number of benzene rings is 1. The smallest absolute Gasteiger partial charge is 0.280 e. The molecule has 0 saturated carbocycles. The van der Waals surface area contributed by atoms with Gasteiger partial charge in [0.2, 0.25) is 0 Å². The normalized spacial score (nSPS) is 11.6. The highest BCUT2D eigenvalue weighted by molar-refractivity contribution is 5.94. The molecule has 0 fully saturated rings. The summed E-state index contributed by atoms with van der Waals surface area (Å²) in [6.07, 6.45) is 4.54. The van der Waals surface area contributed by atoms with Crippen molar-refractivity contribution in [3.63, 3.8) is 0 Å². The van der Waals surface area contributed by atoms with Crippen molar-refractivity contribution in [1.82, 2.24) is 20.1 Å². The molecular weight excluding hydrogens is 368 g/mol. The minimum atomic E-state index is -0.270. The Morgan fingerprint density at radius 1 is 1.31 bits per heavy atom. The first-order chi connectivity index (χ1) is 14.1. The average molecular weight is 390 g/mol. The maximum Gasteiger partial charge on any atom is 0.280 e. The zero-order valence-corrected chi connectivity index (χ0v) is 16.1. The highest BCUT2D eigenvalue weighted by Gasteiger charge is 2.14. The van der Waals surface area contributed by atoms with E-state index in [2.05, 4.69) is 15.4 Å². The molecule has 4 N–H and O–H groups in total. The molecule has 0 saturated heterocycles. The molecule has 3 rings (SSSR count). The van der Waals surface area contributed by atoms with Crippen LogP contribution in [0.3, 0.4) is 0 Å². The van der Waals surface area contributed by atoms with E-state index in [1.807, 2.05) is 13.0 Å². The van der Waals surface area contributed by atoms with E-state index < -0.39 is 0 Å². The molecule has 8 heteroatoms. The monoisotopic (exact) mass is 390 g/mol. The van der Waals surface area contributed by atoms with Crippen LogP contribution in [0, 0.1) is 11.3 Å². The zero-order valence-electron chi connectivity index (χ0n) is 16.1. The summed E-state index contributed by atoms with van der Waals surface area (Å²) >= 11 is 0. The van der Waals surface area contributed by atoms with Crippen LogP contribution in [0.1, 0.15) is 35.7 Å². The number of nitriles is 1. The van der Waals surface area contributed by atoms with E-state index in [1.165, 1.54) is 10.9 Å². The van der Waals surface area contributed by atoms with Crippen LogP contribution in [0.15, 0.2) is 53.6 Å². The van der Waals surface area contributed by atoms with Crippen molar-refractivity contribution >= 4 is 5.91 Å². The SMILES string of the molecule is CCC(CCN)NC(=O)c1ccc(-n2[nH]cc(-c3ccc(C#N)cc3)c2=O)nc1. The Hall–Kier alpha value is -3.70. The van der Waals surface area contributed by atoms with Gasteiger partial charge in [-0.1, -0.05) is 19.1 Å². The highest BCUT2D eigenvalue weighted by atomic mass is 16.2. The van der Waals surface area contributed by atoms with E-state index in [4.69, 9.17) is 11.0 Å². The molecule has 2 aromatic heterocycles. The van der Waals surface area contributed by atoms with E-state index in [-0.39, 0.29) is 17.5 Å². The third-order valence-electron chi connectivity index (χ3n) is 4.68. The van der Waals surface area contributed by atoms with E-state index in [0.29, 0.717) is 41.0 Å². The van der Waals surface area contributed by atoms with Crippen molar-refractivity contribution in [2.24, 2.45) is 5.73 Å². The predicted molar refractivity (Wildman–Crippen MR) is 110 cm³/mol. The molecule has 8 nitrogen and oxygen atoms in total. The lowest BCUT2D eigenvalue weighted by Crippen LogP contribution is -2.36. The lowest BCUT2D eigenvalue weighted by Gasteiger charge is -2.15. The van der Waals surface area contributed by atoms with Gasteiger partial charge >= 0.3 is 0 Å². The Kier molecular flexibility index (Phi) is 6.22. The second kappa shape index (κ2) is 8.99. The lowest BCUT2D eigenvalue weighted by molar-refractivity contribution is 0.0934. The van der Waals surface area contributed by atoms with Crippen molar-refractivity contribution in [1.29, 1.82) is 5.26 Å². The maximum atomic E-state index is 12.7. The van der Waals surface area contributed by atoms with Crippen molar-refractivity contribution in [2.75, 3.05) is 6.54 Å². The molecule has 1 unspecified atom stereocenters. The molecule has 148 valence electrons. The third kappa shape index (κ3) is 4.42. The van der Waals surface area contributed by atoms with Gasteiger partial charge in [0.05, 0.1) is 22.8 Å².